The molecule has 1 aliphatic heterocycles. The number of hydrogen-bond acceptors (Lipinski definition) is 2. The molecule has 3 atom stereocenters. The maximum atomic E-state index is 12.9. The molecule has 0 bridgehead atoms. The molecule has 1 N–H and O–H groups in total. The minimum atomic E-state index is 0.180. The third-order valence-corrected chi connectivity index (χ3v) is 4.57. The standard InChI is InChI=1S/C18H28N2O/c1-4-15(3)20(13-16-8-6-5-7-9-16)18(21)17-10-11-19-14(2)12-17/h5-9,14-15,17,19H,4,10-13H2,1-3H3. The van der Waals surface area contributed by atoms with Gasteiger partial charge in [-0.25, -0.2) is 0 Å². The van der Waals surface area contributed by atoms with Crippen molar-refractivity contribution in [2.45, 2.75) is 58.7 Å². The van der Waals surface area contributed by atoms with E-state index in [-0.39, 0.29) is 5.92 Å². The van der Waals surface area contributed by atoms with Crippen LogP contribution in [0.5, 0.6) is 0 Å². The zero-order valence-electron chi connectivity index (χ0n) is 13.5. The van der Waals surface area contributed by atoms with E-state index in [1.165, 1.54) is 5.56 Å². The molecule has 21 heavy (non-hydrogen) atoms. The number of rotatable bonds is 5. The molecular formula is C18H28N2O. The predicted octanol–water partition coefficient (Wildman–Crippen LogP) is 3.20. The average Bonchev–Trinajstić information content (AvgIpc) is 2.52. The molecule has 3 nitrogen and oxygen atoms in total. The number of carbonyl (C=O) groups is 1. The summed E-state index contributed by atoms with van der Waals surface area (Å²) in [5.41, 5.74) is 1.22. The first-order chi connectivity index (χ1) is 10.1. The molecule has 0 radical (unpaired) electrons. The molecule has 116 valence electrons. The van der Waals surface area contributed by atoms with Crippen molar-refractivity contribution in [3.8, 4) is 0 Å². The van der Waals surface area contributed by atoms with Crippen molar-refractivity contribution < 1.29 is 4.79 Å². The summed E-state index contributed by atoms with van der Waals surface area (Å²) in [7, 11) is 0. The fourth-order valence-electron chi connectivity index (χ4n) is 3.04. The van der Waals surface area contributed by atoms with Crippen LogP contribution in [0.3, 0.4) is 0 Å². The highest BCUT2D eigenvalue weighted by Gasteiger charge is 2.30. The number of benzene rings is 1. The van der Waals surface area contributed by atoms with E-state index in [9.17, 15) is 4.79 Å². The largest absolute Gasteiger partial charge is 0.335 e. The Balaban J connectivity index is 2.09. The molecule has 1 heterocycles. The van der Waals surface area contributed by atoms with Crippen molar-refractivity contribution in [2.75, 3.05) is 6.54 Å². The summed E-state index contributed by atoms with van der Waals surface area (Å²) in [5, 5.41) is 3.43. The van der Waals surface area contributed by atoms with Crippen molar-refractivity contribution in [1.29, 1.82) is 0 Å². The second-order valence-electron chi connectivity index (χ2n) is 6.29. The van der Waals surface area contributed by atoms with Crippen LogP contribution in [0.15, 0.2) is 30.3 Å². The zero-order valence-corrected chi connectivity index (χ0v) is 13.5. The lowest BCUT2D eigenvalue weighted by molar-refractivity contribution is -0.139. The molecule has 3 heteroatoms. The average molecular weight is 288 g/mol. The summed E-state index contributed by atoms with van der Waals surface area (Å²) < 4.78 is 0. The quantitative estimate of drug-likeness (QED) is 0.902. The molecule has 0 saturated carbocycles. The highest BCUT2D eigenvalue weighted by molar-refractivity contribution is 5.79. The number of carbonyl (C=O) groups excluding carboxylic acids is 1. The van der Waals surface area contributed by atoms with Crippen molar-refractivity contribution in [1.82, 2.24) is 10.2 Å². The Morgan fingerprint density at radius 1 is 1.38 bits per heavy atom. The Morgan fingerprint density at radius 3 is 2.71 bits per heavy atom. The second-order valence-corrected chi connectivity index (χ2v) is 6.29. The van der Waals surface area contributed by atoms with Crippen LogP contribution in [0.2, 0.25) is 0 Å². The van der Waals surface area contributed by atoms with E-state index >= 15 is 0 Å². The van der Waals surface area contributed by atoms with Gasteiger partial charge in [-0.1, -0.05) is 37.3 Å². The van der Waals surface area contributed by atoms with Crippen molar-refractivity contribution in [3.63, 3.8) is 0 Å². The smallest absolute Gasteiger partial charge is 0.226 e. The van der Waals surface area contributed by atoms with Crippen LogP contribution in [0.4, 0.5) is 0 Å². The number of amides is 1. The van der Waals surface area contributed by atoms with Gasteiger partial charge in [-0.3, -0.25) is 4.79 Å². The highest BCUT2D eigenvalue weighted by Crippen LogP contribution is 2.22. The minimum absolute atomic E-state index is 0.180. The fourth-order valence-corrected chi connectivity index (χ4v) is 3.04. The Bertz CT molecular complexity index is 446. The number of hydrogen-bond donors (Lipinski definition) is 1. The highest BCUT2D eigenvalue weighted by atomic mass is 16.2. The van der Waals surface area contributed by atoms with E-state index in [1.54, 1.807) is 0 Å². The Labute approximate surface area is 128 Å². The Kier molecular flexibility index (Phi) is 5.80. The van der Waals surface area contributed by atoms with Gasteiger partial charge in [-0.15, -0.1) is 0 Å². The summed E-state index contributed by atoms with van der Waals surface area (Å²) in [4.78, 5) is 15.0. The SMILES string of the molecule is CCC(C)N(Cc1ccccc1)C(=O)C1CCNC(C)C1. The molecule has 0 aliphatic carbocycles. The predicted molar refractivity (Wildman–Crippen MR) is 86.9 cm³/mol. The molecule has 1 amide bonds. The summed E-state index contributed by atoms with van der Waals surface area (Å²) in [5.74, 6) is 0.514. The van der Waals surface area contributed by atoms with E-state index in [1.807, 2.05) is 18.2 Å². The summed E-state index contributed by atoms with van der Waals surface area (Å²) in [6, 6.07) is 11.1. The molecule has 0 spiro atoms. The van der Waals surface area contributed by atoms with E-state index in [0.29, 0.717) is 18.0 Å². The molecule has 1 aliphatic rings. The number of nitrogens with zero attached hydrogens (tertiary/aromatic N) is 1. The molecule has 1 fully saturated rings. The normalized spacial score (nSPS) is 23.6. The van der Waals surface area contributed by atoms with Crippen LogP contribution < -0.4 is 5.32 Å². The molecule has 1 aromatic carbocycles. The van der Waals surface area contributed by atoms with Crippen LogP contribution >= 0.6 is 0 Å². The first kappa shape index (κ1) is 16.0. The summed E-state index contributed by atoms with van der Waals surface area (Å²) in [6.07, 6.45) is 2.92. The van der Waals surface area contributed by atoms with E-state index in [0.717, 1.165) is 32.4 Å². The van der Waals surface area contributed by atoms with E-state index in [4.69, 9.17) is 0 Å². The van der Waals surface area contributed by atoms with Gasteiger partial charge in [-0.2, -0.15) is 0 Å². The molecule has 0 aromatic heterocycles. The van der Waals surface area contributed by atoms with Gasteiger partial charge in [0, 0.05) is 24.5 Å². The fraction of sp³-hybridized carbons (Fsp3) is 0.611. The lowest BCUT2D eigenvalue weighted by Crippen LogP contribution is -2.46. The zero-order chi connectivity index (χ0) is 15.2. The van der Waals surface area contributed by atoms with Gasteiger partial charge in [0.05, 0.1) is 0 Å². The van der Waals surface area contributed by atoms with Crippen LogP contribution in [0.1, 0.15) is 45.6 Å². The van der Waals surface area contributed by atoms with Gasteiger partial charge >= 0.3 is 0 Å². The van der Waals surface area contributed by atoms with Crippen LogP contribution in [-0.2, 0) is 11.3 Å². The second kappa shape index (κ2) is 7.60. The maximum absolute atomic E-state index is 12.9. The van der Waals surface area contributed by atoms with E-state index < -0.39 is 0 Å². The van der Waals surface area contributed by atoms with Gasteiger partial charge in [0.2, 0.25) is 5.91 Å². The molecule has 1 saturated heterocycles. The molecule has 3 unspecified atom stereocenters. The van der Waals surface area contributed by atoms with Gasteiger partial charge < -0.3 is 10.2 Å². The molecule has 2 rings (SSSR count). The maximum Gasteiger partial charge on any atom is 0.226 e. The molecule has 1 aromatic rings. The van der Waals surface area contributed by atoms with Crippen molar-refractivity contribution in [3.05, 3.63) is 35.9 Å². The lowest BCUT2D eigenvalue weighted by Gasteiger charge is -2.35. The Hall–Kier alpha value is -1.35. The van der Waals surface area contributed by atoms with Crippen LogP contribution in [-0.4, -0.2) is 29.4 Å². The number of piperidine rings is 1. The summed E-state index contributed by atoms with van der Waals surface area (Å²) in [6.45, 7) is 8.17. The third-order valence-electron chi connectivity index (χ3n) is 4.57. The molecular weight excluding hydrogens is 260 g/mol. The first-order valence-corrected chi connectivity index (χ1v) is 8.19. The van der Waals surface area contributed by atoms with Crippen LogP contribution in [0.25, 0.3) is 0 Å². The minimum Gasteiger partial charge on any atom is -0.335 e. The lowest BCUT2D eigenvalue weighted by atomic mass is 9.91. The Morgan fingerprint density at radius 2 is 2.10 bits per heavy atom. The van der Waals surface area contributed by atoms with Gasteiger partial charge in [0.25, 0.3) is 0 Å². The van der Waals surface area contributed by atoms with Gasteiger partial charge in [0.1, 0.15) is 0 Å². The van der Waals surface area contributed by atoms with Gasteiger partial charge in [0.15, 0.2) is 0 Å². The van der Waals surface area contributed by atoms with Crippen LogP contribution in [0, 0.1) is 5.92 Å². The van der Waals surface area contributed by atoms with Crippen molar-refractivity contribution >= 4 is 5.91 Å². The first-order valence-electron chi connectivity index (χ1n) is 8.19. The third kappa shape index (κ3) is 4.31. The summed E-state index contributed by atoms with van der Waals surface area (Å²) >= 11 is 0. The van der Waals surface area contributed by atoms with Gasteiger partial charge in [-0.05, 0) is 45.2 Å². The topological polar surface area (TPSA) is 32.3 Å². The monoisotopic (exact) mass is 288 g/mol. The number of nitrogens with one attached hydrogen (secondary N) is 1. The van der Waals surface area contributed by atoms with E-state index in [2.05, 4.69) is 43.1 Å². The van der Waals surface area contributed by atoms with Crippen molar-refractivity contribution in [2.24, 2.45) is 5.92 Å².